The standard InChI is InChI=1S/C15H18F2O/c16-15(17)10-8-13(9-11-15)14(18)7-6-12-4-2-1-3-5-12/h1-5,13H,6-11H2. The minimum atomic E-state index is -2.55. The Hall–Kier alpha value is -1.25. The van der Waals surface area contributed by atoms with E-state index in [2.05, 4.69) is 0 Å². The average Bonchev–Trinajstić information content (AvgIpc) is 2.37. The van der Waals surface area contributed by atoms with Crippen molar-refractivity contribution >= 4 is 5.78 Å². The molecular formula is C15H18F2O. The van der Waals surface area contributed by atoms with Crippen LogP contribution in [-0.4, -0.2) is 11.7 Å². The summed E-state index contributed by atoms with van der Waals surface area (Å²) in [5.74, 6) is -2.54. The van der Waals surface area contributed by atoms with Crippen molar-refractivity contribution in [1.29, 1.82) is 0 Å². The molecule has 0 radical (unpaired) electrons. The van der Waals surface area contributed by atoms with Crippen molar-refractivity contribution < 1.29 is 13.6 Å². The van der Waals surface area contributed by atoms with Crippen LogP contribution in [0.25, 0.3) is 0 Å². The molecule has 0 N–H and O–H groups in total. The third kappa shape index (κ3) is 3.62. The maximum absolute atomic E-state index is 13.0. The van der Waals surface area contributed by atoms with Gasteiger partial charge in [-0.2, -0.15) is 0 Å². The molecule has 0 spiro atoms. The highest BCUT2D eigenvalue weighted by Gasteiger charge is 2.36. The zero-order valence-electron chi connectivity index (χ0n) is 10.4. The first-order valence-electron chi connectivity index (χ1n) is 6.51. The van der Waals surface area contributed by atoms with E-state index >= 15 is 0 Å². The van der Waals surface area contributed by atoms with Gasteiger partial charge < -0.3 is 0 Å². The normalized spacial score (nSPS) is 19.7. The summed E-state index contributed by atoms with van der Waals surface area (Å²) in [6.45, 7) is 0. The summed E-state index contributed by atoms with van der Waals surface area (Å²) >= 11 is 0. The van der Waals surface area contributed by atoms with E-state index < -0.39 is 5.92 Å². The van der Waals surface area contributed by atoms with Crippen LogP contribution in [0, 0.1) is 5.92 Å². The average molecular weight is 252 g/mol. The molecule has 0 amide bonds. The van der Waals surface area contributed by atoms with E-state index in [1.54, 1.807) is 0 Å². The fourth-order valence-corrected chi connectivity index (χ4v) is 2.48. The maximum atomic E-state index is 13.0. The molecule has 0 saturated heterocycles. The zero-order valence-corrected chi connectivity index (χ0v) is 10.4. The number of halogens is 2. The molecule has 0 atom stereocenters. The molecule has 0 heterocycles. The second-order valence-corrected chi connectivity index (χ2v) is 5.08. The summed E-state index contributed by atoms with van der Waals surface area (Å²) in [4.78, 5) is 11.9. The molecule has 1 aliphatic carbocycles. The van der Waals surface area contributed by atoms with E-state index in [0.29, 0.717) is 25.7 Å². The lowest BCUT2D eigenvalue weighted by Crippen LogP contribution is -2.28. The van der Waals surface area contributed by atoms with Gasteiger partial charge in [-0.25, -0.2) is 8.78 Å². The monoisotopic (exact) mass is 252 g/mol. The predicted molar refractivity (Wildman–Crippen MR) is 66.7 cm³/mol. The van der Waals surface area contributed by atoms with Crippen LogP contribution < -0.4 is 0 Å². The van der Waals surface area contributed by atoms with Crippen LogP contribution in [0.15, 0.2) is 30.3 Å². The molecule has 1 fully saturated rings. The van der Waals surface area contributed by atoms with Crippen LogP contribution in [-0.2, 0) is 11.2 Å². The van der Waals surface area contributed by atoms with E-state index in [1.165, 1.54) is 0 Å². The van der Waals surface area contributed by atoms with Gasteiger partial charge in [-0.15, -0.1) is 0 Å². The topological polar surface area (TPSA) is 17.1 Å². The van der Waals surface area contributed by atoms with Crippen molar-refractivity contribution in [3.63, 3.8) is 0 Å². The molecule has 1 nitrogen and oxygen atoms in total. The van der Waals surface area contributed by atoms with Gasteiger partial charge in [0.2, 0.25) is 5.92 Å². The quantitative estimate of drug-likeness (QED) is 0.791. The van der Waals surface area contributed by atoms with Crippen LogP contribution in [0.2, 0.25) is 0 Å². The molecule has 2 rings (SSSR count). The molecule has 1 aliphatic rings. The van der Waals surface area contributed by atoms with Crippen LogP contribution in [0.3, 0.4) is 0 Å². The molecule has 0 aliphatic heterocycles. The number of Topliss-reactive ketones (excluding diaryl/α,β-unsaturated/α-hetero) is 1. The Morgan fingerprint density at radius 3 is 2.39 bits per heavy atom. The molecule has 18 heavy (non-hydrogen) atoms. The van der Waals surface area contributed by atoms with Gasteiger partial charge >= 0.3 is 0 Å². The molecule has 1 saturated carbocycles. The minimum Gasteiger partial charge on any atom is -0.299 e. The number of ketones is 1. The molecule has 0 bridgehead atoms. The number of benzene rings is 1. The van der Waals surface area contributed by atoms with Crippen molar-refractivity contribution in [3.05, 3.63) is 35.9 Å². The Bertz CT molecular complexity index is 390. The summed E-state index contributed by atoms with van der Waals surface area (Å²) in [6.07, 6.45) is 1.62. The molecular weight excluding hydrogens is 234 g/mol. The number of alkyl halides is 2. The Balaban J connectivity index is 1.79. The number of hydrogen-bond donors (Lipinski definition) is 0. The summed E-state index contributed by atoms with van der Waals surface area (Å²) < 4.78 is 26.0. The van der Waals surface area contributed by atoms with E-state index in [0.717, 1.165) is 5.56 Å². The Labute approximate surface area is 106 Å². The SMILES string of the molecule is O=C(CCc1ccccc1)C1CCC(F)(F)CC1. The van der Waals surface area contributed by atoms with Crippen molar-refractivity contribution in [3.8, 4) is 0 Å². The number of hydrogen-bond acceptors (Lipinski definition) is 1. The first-order valence-corrected chi connectivity index (χ1v) is 6.51. The molecule has 0 aromatic heterocycles. The van der Waals surface area contributed by atoms with Gasteiger partial charge in [0.1, 0.15) is 5.78 Å². The Kier molecular flexibility index (Phi) is 4.10. The number of carbonyl (C=O) groups excluding carboxylic acids is 1. The van der Waals surface area contributed by atoms with Gasteiger partial charge in [0.15, 0.2) is 0 Å². The first-order chi connectivity index (χ1) is 8.57. The summed E-state index contributed by atoms with van der Waals surface area (Å²) in [5.41, 5.74) is 1.13. The van der Waals surface area contributed by atoms with Crippen LogP contribution in [0.1, 0.15) is 37.7 Å². The van der Waals surface area contributed by atoms with E-state index in [1.807, 2.05) is 30.3 Å². The van der Waals surface area contributed by atoms with Crippen molar-refractivity contribution in [2.24, 2.45) is 5.92 Å². The highest BCUT2D eigenvalue weighted by Crippen LogP contribution is 2.36. The second-order valence-electron chi connectivity index (χ2n) is 5.08. The highest BCUT2D eigenvalue weighted by atomic mass is 19.3. The fourth-order valence-electron chi connectivity index (χ4n) is 2.48. The van der Waals surface area contributed by atoms with Gasteiger partial charge in [0, 0.05) is 25.2 Å². The zero-order chi connectivity index (χ0) is 13.0. The lowest BCUT2D eigenvalue weighted by molar-refractivity contribution is -0.126. The van der Waals surface area contributed by atoms with Gasteiger partial charge in [-0.05, 0) is 24.8 Å². The molecule has 1 aromatic carbocycles. The minimum absolute atomic E-state index is 0.130. The summed E-state index contributed by atoms with van der Waals surface area (Å²) in [5, 5.41) is 0. The van der Waals surface area contributed by atoms with Crippen molar-refractivity contribution in [2.75, 3.05) is 0 Å². The second kappa shape index (κ2) is 5.59. The number of carbonyl (C=O) groups is 1. The van der Waals surface area contributed by atoms with E-state index in [4.69, 9.17) is 0 Å². The molecule has 3 heteroatoms. The van der Waals surface area contributed by atoms with Crippen LogP contribution >= 0.6 is 0 Å². The maximum Gasteiger partial charge on any atom is 0.248 e. The first kappa shape index (κ1) is 13.2. The largest absolute Gasteiger partial charge is 0.299 e. The van der Waals surface area contributed by atoms with Crippen molar-refractivity contribution in [2.45, 2.75) is 44.4 Å². The number of aryl methyl sites for hydroxylation is 1. The Morgan fingerprint density at radius 2 is 1.78 bits per heavy atom. The molecule has 98 valence electrons. The van der Waals surface area contributed by atoms with E-state index in [-0.39, 0.29) is 24.5 Å². The Morgan fingerprint density at radius 1 is 1.17 bits per heavy atom. The third-order valence-electron chi connectivity index (χ3n) is 3.68. The van der Waals surface area contributed by atoms with Crippen molar-refractivity contribution in [1.82, 2.24) is 0 Å². The van der Waals surface area contributed by atoms with Crippen LogP contribution in [0.5, 0.6) is 0 Å². The van der Waals surface area contributed by atoms with Gasteiger partial charge in [-0.3, -0.25) is 4.79 Å². The lowest BCUT2D eigenvalue weighted by Gasteiger charge is -2.27. The smallest absolute Gasteiger partial charge is 0.248 e. The lowest BCUT2D eigenvalue weighted by atomic mass is 9.82. The van der Waals surface area contributed by atoms with E-state index in [9.17, 15) is 13.6 Å². The van der Waals surface area contributed by atoms with Crippen LogP contribution in [0.4, 0.5) is 8.78 Å². The summed E-state index contributed by atoms with van der Waals surface area (Å²) in [7, 11) is 0. The predicted octanol–water partition coefficient (Wildman–Crippen LogP) is 4.01. The van der Waals surface area contributed by atoms with Gasteiger partial charge in [0.05, 0.1) is 0 Å². The molecule has 0 unspecified atom stereocenters. The highest BCUT2D eigenvalue weighted by molar-refractivity contribution is 5.81. The van der Waals surface area contributed by atoms with Gasteiger partial charge in [0.25, 0.3) is 0 Å². The third-order valence-corrected chi connectivity index (χ3v) is 3.68. The molecule has 1 aromatic rings. The fraction of sp³-hybridized carbons (Fsp3) is 0.533. The summed E-state index contributed by atoms with van der Waals surface area (Å²) in [6, 6.07) is 9.81. The van der Waals surface area contributed by atoms with Gasteiger partial charge in [-0.1, -0.05) is 30.3 Å². The number of rotatable bonds is 4.